The number of carbonyl (C=O) groups is 2. The number of aliphatic hydroxyl groups is 1. The number of hydrogen-bond donors (Lipinski definition) is 4. The Labute approximate surface area is 211 Å². The average molecular weight is 497 g/mol. The first kappa shape index (κ1) is 27.2. The minimum absolute atomic E-state index is 0.0882. The maximum Gasteiger partial charge on any atom is 0.254 e. The number of nitrogens with two attached hydrogens (primary N) is 1. The fourth-order valence-electron chi connectivity index (χ4n) is 4.16. The van der Waals surface area contributed by atoms with Crippen molar-refractivity contribution < 1.29 is 23.8 Å². The summed E-state index contributed by atoms with van der Waals surface area (Å²) in [6.45, 7) is 1.50. The molecule has 0 aliphatic rings. The normalized spacial score (nSPS) is 14.7. The molecule has 2 amide bonds. The molecule has 1 unspecified atom stereocenters. The summed E-state index contributed by atoms with van der Waals surface area (Å²) in [6.07, 6.45) is 3.93. The molecule has 1 radical (unpaired) electrons. The van der Waals surface area contributed by atoms with Crippen molar-refractivity contribution in [1.82, 2.24) is 10.3 Å². The first-order valence-corrected chi connectivity index (χ1v) is 12.2. The van der Waals surface area contributed by atoms with Gasteiger partial charge in [-0.3, -0.25) is 9.59 Å². The van der Waals surface area contributed by atoms with E-state index in [1.165, 1.54) is 0 Å². The van der Waals surface area contributed by atoms with Crippen molar-refractivity contribution in [2.45, 2.75) is 50.8 Å². The van der Waals surface area contributed by atoms with E-state index in [1.54, 1.807) is 13.5 Å². The lowest BCUT2D eigenvalue weighted by Gasteiger charge is -2.23. The smallest absolute Gasteiger partial charge is 0.254 e. The number of amides is 2. The molecule has 0 fully saturated rings. The number of methoxy groups -OCH3 is 1. The number of alkyl halides is 1. The second-order valence-electron chi connectivity index (χ2n) is 9.29. The molecule has 193 valence electrons. The lowest BCUT2D eigenvalue weighted by molar-refractivity contribution is -0.131. The average Bonchev–Trinajstić information content (AvgIpc) is 3.27. The van der Waals surface area contributed by atoms with Crippen LogP contribution in [-0.2, 0) is 22.4 Å². The van der Waals surface area contributed by atoms with Crippen LogP contribution in [0.5, 0.6) is 5.75 Å². The molecular weight excluding hydrogens is 461 g/mol. The highest BCUT2D eigenvalue weighted by molar-refractivity contribution is 5.85. The number of benzene rings is 2. The zero-order chi connectivity index (χ0) is 26.1. The molecule has 7 nitrogen and oxygen atoms in total. The van der Waals surface area contributed by atoms with Crippen LogP contribution >= 0.6 is 0 Å². The van der Waals surface area contributed by atoms with Gasteiger partial charge >= 0.3 is 0 Å². The first-order chi connectivity index (χ1) is 17.2. The van der Waals surface area contributed by atoms with Gasteiger partial charge in [-0.2, -0.15) is 0 Å². The van der Waals surface area contributed by atoms with Crippen molar-refractivity contribution in [1.29, 1.82) is 0 Å². The van der Waals surface area contributed by atoms with Crippen LogP contribution in [0.4, 0.5) is 4.39 Å². The van der Waals surface area contributed by atoms with Gasteiger partial charge in [0.1, 0.15) is 5.75 Å². The number of fused-ring (bicyclic) bond motifs is 1. The number of rotatable bonds is 14. The first-order valence-electron chi connectivity index (χ1n) is 12.2. The maximum absolute atomic E-state index is 14.5. The molecule has 1 heterocycles. The van der Waals surface area contributed by atoms with E-state index in [4.69, 9.17) is 10.5 Å². The predicted molar refractivity (Wildman–Crippen MR) is 138 cm³/mol. The Kier molecular flexibility index (Phi) is 9.47. The second kappa shape index (κ2) is 12.5. The number of ether oxygens (including phenoxy) is 1. The van der Waals surface area contributed by atoms with Gasteiger partial charge in [-0.15, -0.1) is 0 Å². The number of halogens is 1. The summed E-state index contributed by atoms with van der Waals surface area (Å²) < 4.78 is 19.7. The van der Waals surface area contributed by atoms with Crippen molar-refractivity contribution in [3.8, 4) is 5.75 Å². The van der Waals surface area contributed by atoms with Gasteiger partial charge in [0, 0.05) is 35.6 Å². The summed E-state index contributed by atoms with van der Waals surface area (Å²) in [7, 11) is 1.61. The van der Waals surface area contributed by atoms with E-state index in [9.17, 15) is 19.1 Å². The molecule has 0 saturated heterocycles. The SMILES string of the molecule is COc1ccc2c(CCNC(=O)[C@H](CCC(C)(F)C(N)=O)C[C@@H](O)[CH]Cc3ccccc3)c[nH]c2c1. The quantitative estimate of drug-likeness (QED) is 0.273. The van der Waals surface area contributed by atoms with E-state index < -0.39 is 23.6 Å². The highest BCUT2D eigenvalue weighted by Gasteiger charge is 2.33. The fraction of sp³-hybridized carbons (Fsp3) is 0.393. The van der Waals surface area contributed by atoms with E-state index in [-0.39, 0.29) is 25.2 Å². The zero-order valence-electron chi connectivity index (χ0n) is 20.8. The molecule has 36 heavy (non-hydrogen) atoms. The number of hydrogen-bond acceptors (Lipinski definition) is 4. The molecule has 1 aromatic heterocycles. The standard InChI is InChI=1S/C28H35FN3O4/c1-28(29,27(30)35)14-12-20(16-22(33)9-8-19-6-4-3-5-7-19)26(34)31-15-13-21-18-32-25-17-23(36-2)10-11-24(21)25/h3-7,9-11,17-18,20,22,32-33H,8,12-16H2,1-2H3,(H2,30,35)(H,31,34)/t20-,22+,28?/m1/s1. The van der Waals surface area contributed by atoms with Crippen molar-refractivity contribution in [2.75, 3.05) is 13.7 Å². The van der Waals surface area contributed by atoms with Crippen LogP contribution in [0.25, 0.3) is 10.9 Å². The van der Waals surface area contributed by atoms with Crippen LogP contribution < -0.4 is 15.8 Å². The van der Waals surface area contributed by atoms with E-state index in [1.807, 2.05) is 54.7 Å². The number of aromatic amines is 1. The minimum atomic E-state index is -2.22. The molecule has 0 aliphatic carbocycles. The molecule has 0 bridgehead atoms. The maximum atomic E-state index is 14.5. The molecule has 3 atom stereocenters. The highest BCUT2D eigenvalue weighted by Crippen LogP contribution is 2.25. The van der Waals surface area contributed by atoms with Gasteiger partial charge in [-0.1, -0.05) is 30.3 Å². The summed E-state index contributed by atoms with van der Waals surface area (Å²) in [5, 5.41) is 14.5. The molecular formula is C28H35FN3O4. The van der Waals surface area contributed by atoms with Crippen molar-refractivity contribution >= 4 is 22.7 Å². The number of aliphatic hydroxyl groups excluding tert-OH is 1. The topological polar surface area (TPSA) is 117 Å². The molecule has 5 N–H and O–H groups in total. The van der Waals surface area contributed by atoms with Gasteiger partial charge in [0.25, 0.3) is 5.91 Å². The third-order valence-electron chi connectivity index (χ3n) is 6.51. The van der Waals surface area contributed by atoms with Crippen LogP contribution in [0.3, 0.4) is 0 Å². The fourth-order valence-corrected chi connectivity index (χ4v) is 4.16. The number of nitrogens with one attached hydrogen (secondary N) is 2. The summed E-state index contributed by atoms with van der Waals surface area (Å²) in [4.78, 5) is 27.6. The van der Waals surface area contributed by atoms with E-state index in [0.717, 1.165) is 34.7 Å². The Bertz CT molecular complexity index is 1150. The Morgan fingerprint density at radius 1 is 1.25 bits per heavy atom. The predicted octanol–water partition coefficient (Wildman–Crippen LogP) is 3.64. The van der Waals surface area contributed by atoms with Crippen LogP contribution in [0, 0.1) is 12.3 Å². The molecule has 8 heteroatoms. The van der Waals surface area contributed by atoms with Gasteiger partial charge in [0.2, 0.25) is 5.91 Å². The Balaban J connectivity index is 1.59. The van der Waals surface area contributed by atoms with Gasteiger partial charge in [0.05, 0.1) is 13.2 Å². The molecule has 2 aromatic carbocycles. The minimum Gasteiger partial charge on any atom is -0.497 e. The van der Waals surface area contributed by atoms with Gasteiger partial charge in [-0.25, -0.2) is 4.39 Å². The third-order valence-corrected chi connectivity index (χ3v) is 6.51. The Morgan fingerprint density at radius 3 is 2.69 bits per heavy atom. The summed E-state index contributed by atoms with van der Waals surface area (Å²) in [5.74, 6) is -1.27. The van der Waals surface area contributed by atoms with E-state index >= 15 is 0 Å². The van der Waals surface area contributed by atoms with Crippen LogP contribution in [-0.4, -0.2) is 47.3 Å². The Morgan fingerprint density at radius 2 is 2.00 bits per heavy atom. The summed E-state index contributed by atoms with van der Waals surface area (Å²) in [5.41, 5.74) is 5.97. The number of carbonyl (C=O) groups excluding carboxylic acids is 2. The van der Waals surface area contributed by atoms with Crippen molar-refractivity contribution in [3.63, 3.8) is 0 Å². The molecule has 3 aromatic rings. The van der Waals surface area contributed by atoms with E-state index in [2.05, 4.69) is 10.3 Å². The van der Waals surface area contributed by atoms with Crippen LogP contribution in [0.1, 0.15) is 37.3 Å². The molecule has 0 aliphatic heterocycles. The van der Waals surface area contributed by atoms with Crippen molar-refractivity contribution in [2.24, 2.45) is 11.7 Å². The number of aromatic nitrogens is 1. The Hall–Kier alpha value is -3.39. The summed E-state index contributed by atoms with van der Waals surface area (Å²) in [6, 6.07) is 15.4. The lowest BCUT2D eigenvalue weighted by Crippen LogP contribution is -2.39. The van der Waals surface area contributed by atoms with Gasteiger partial charge < -0.3 is 25.9 Å². The van der Waals surface area contributed by atoms with Gasteiger partial charge in [-0.05, 0) is 68.7 Å². The molecule has 0 spiro atoms. The number of H-pyrrole nitrogens is 1. The molecule has 3 rings (SSSR count). The molecule has 0 saturated carbocycles. The second-order valence-corrected chi connectivity index (χ2v) is 9.29. The van der Waals surface area contributed by atoms with Crippen LogP contribution in [0.2, 0.25) is 0 Å². The van der Waals surface area contributed by atoms with Crippen LogP contribution in [0.15, 0.2) is 54.7 Å². The largest absolute Gasteiger partial charge is 0.497 e. The lowest BCUT2D eigenvalue weighted by atomic mass is 9.88. The zero-order valence-corrected chi connectivity index (χ0v) is 20.8. The third kappa shape index (κ3) is 7.55. The highest BCUT2D eigenvalue weighted by atomic mass is 19.1. The van der Waals surface area contributed by atoms with Gasteiger partial charge in [0.15, 0.2) is 5.67 Å². The van der Waals surface area contributed by atoms with E-state index in [0.29, 0.717) is 19.4 Å². The number of primary amides is 1. The summed E-state index contributed by atoms with van der Waals surface area (Å²) >= 11 is 0. The monoisotopic (exact) mass is 496 g/mol. The van der Waals surface area contributed by atoms with Crippen molar-refractivity contribution in [3.05, 3.63) is 72.3 Å².